The summed E-state index contributed by atoms with van der Waals surface area (Å²) >= 11 is 0. The van der Waals surface area contributed by atoms with Crippen LogP contribution >= 0.6 is 0 Å². The van der Waals surface area contributed by atoms with Gasteiger partial charge in [-0.05, 0) is 35.7 Å². The number of para-hydroxylation sites is 1. The van der Waals surface area contributed by atoms with Gasteiger partial charge in [0.25, 0.3) is 0 Å². The Morgan fingerprint density at radius 1 is 0.941 bits per heavy atom. The predicted octanol–water partition coefficient (Wildman–Crippen LogP) is 2.91. The fourth-order valence-corrected chi connectivity index (χ4v) is 5.61. The second kappa shape index (κ2) is 9.20. The van der Waals surface area contributed by atoms with Gasteiger partial charge in [0.05, 0.1) is 17.6 Å². The number of carbonyl (C=O) groups is 1. The number of anilines is 2. The molecule has 176 valence electrons. The van der Waals surface area contributed by atoms with Gasteiger partial charge in [-0.3, -0.25) is 9.52 Å². The van der Waals surface area contributed by atoms with Crippen LogP contribution in [0.15, 0.2) is 90.9 Å². The van der Waals surface area contributed by atoms with Gasteiger partial charge in [0.1, 0.15) is 5.75 Å². The maximum Gasteiger partial charge on any atom is 0.330 e. The van der Waals surface area contributed by atoms with Crippen LogP contribution in [0.5, 0.6) is 0 Å². The highest BCUT2D eigenvalue weighted by molar-refractivity contribution is 7.93. The number of Topliss-reactive ketones (excluding diaryl/α,β-unsaturated/α-hetero) is 1. The third-order valence-corrected chi connectivity index (χ3v) is 7.49. The number of aliphatic hydroxyl groups excluding tert-OH is 1. The van der Waals surface area contributed by atoms with Gasteiger partial charge in [0, 0.05) is 5.56 Å². The van der Waals surface area contributed by atoms with Gasteiger partial charge >= 0.3 is 10.2 Å². The predicted molar refractivity (Wildman–Crippen MR) is 129 cm³/mol. The quantitative estimate of drug-likeness (QED) is 0.408. The molecule has 0 unspecified atom stereocenters. The number of hydrogen-bond donors (Lipinski definition) is 3. The van der Waals surface area contributed by atoms with E-state index < -0.39 is 37.7 Å². The lowest BCUT2D eigenvalue weighted by Gasteiger charge is -2.15. The van der Waals surface area contributed by atoms with Crippen molar-refractivity contribution in [1.82, 2.24) is 4.72 Å². The van der Waals surface area contributed by atoms with Gasteiger partial charge in [-0.15, -0.1) is 0 Å². The summed E-state index contributed by atoms with van der Waals surface area (Å²) in [6.07, 6.45) is 1.42. The third kappa shape index (κ3) is 5.38. The molecule has 3 N–H and O–H groups in total. The number of benzene rings is 3. The van der Waals surface area contributed by atoms with E-state index in [1.54, 1.807) is 78.9 Å². The Morgan fingerprint density at radius 2 is 1.59 bits per heavy atom. The zero-order chi connectivity index (χ0) is 24.3. The van der Waals surface area contributed by atoms with E-state index in [1.165, 1.54) is 0 Å². The van der Waals surface area contributed by atoms with E-state index in [4.69, 9.17) is 0 Å². The van der Waals surface area contributed by atoms with Crippen molar-refractivity contribution >= 4 is 37.4 Å². The summed E-state index contributed by atoms with van der Waals surface area (Å²) in [5, 5.41) is 9.44. The summed E-state index contributed by atoms with van der Waals surface area (Å²) in [6, 6.07) is 21.6. The molecule has 0 aromatic heterocycles. The molecule has 9 nitrogen and oxygen atoms in total. The first-order valence-corrected chi connectivity index (χ1v) is 13.2. The molecule has 34 heavy (non-hydrogen) atoms. The first-order valence-electron chi connectivity index (χ1n) is 10.1. The molecule has 0 aliphatic carbocycles. The highest BCUT2D eigenvalue weighted by Gasteiger charge is 2.28. The van der Waals surface area contributed by atoms with Gasteiger partial charge in [-0.25, -0.2) is 17.4 Å². The minimum Gasteiger partial charge on any atom is -0.493 e. The van der Waals surface area contributed by atoms with Gasteiger partial charge in [-0.1, -0.05) is 60.7 Å². The molecule has 0 radical (unpaired) electrons. The first kappa shape index (κ1) is 23.3. The molecule has 0 saturated carbocycles. The fourth-order valence-electron chi connectivity index (χ4n) is 3.44. The summed E-state index contributed by atoms with van der Waals surface area (Å²) in [7, 11) is -7.82. The lowest BCUT2D eigenvalue weighted by Crippen LogP contribution is -2.29. The van der Waals surface area contributed by atoms with Crippen molar-refractivity contribution in [3.63, 3.8) is 0 Å². The van der Waals surface area contributed by atoms with Crippen molar-refractivity contribution in [2.45, 2.75) is 6.42 Å². The van der Waals surface area contributed by atoms with Crippen LogP contribution in [0.2, 0.25) is 0 Å². The molecule has 11 heteroatoms. The largest absolute Gasteiger partial charge is 0.493 e. The van der Waals surface area contributed by atoms with Crippen molar-refractivity contribution in [1.29, 1.82) is 0 Å². The normalized spacial score (nSPS) is 14.8. The van der Waals surface area contributed by atoms with Crippen molar-refractivity contribution < 1.29 is 26.7 Å². The third-order valence-electron chi connectivity index (χ3n) is 5.02. The zero-order valence-electron chi connectivity index (χ0n) is 17.7. The van der Waals surface area contributed by atoms with Crippen molar-refractivity contribution in [2.75, 3.05) is 14.8 Å². The average Bonchev–Trinajstić information content (AvgIpc) is 3.07. The smallest absolute Gasteiger partial charge is 0.330 e. The second-order valence-electron chi connectivity index (χ2n) is 7.57. The van der Waals surface area contributed by atoms with Gasteiger partial charge in [-0.2, -0.15) is 8.42 Å². The van der Waals surface area contributed by atoms with E-state index in [2.05, 4.69) is 4.72 Å². The standard InChI is InChI=1S/C23H21N3O6S2/c27-22(18-6-2-1-3-7-18)16-33(29,30)24-21-9-5-4-8-19(21)14-17-10-12-20(13-11-17)26-15-23(28)25-34(26,31)32/h1-13,15,24-25,28H,14,16H2. The maximum atomic E-state index is 12.6. The summed E-state index contributed by atoms with van der Waals surface area (Å²) in [6.45, 7) is 0. The van der Waals surface area contributed by atoms with E-state index in [0.717, 1.165) is 16.1 Å². The number of carbonyl (C=O) groups excluding carboxylic acids is 1. The van der Waals surface area contributed by atoms with E-state index >= 15 is 0 Å². The molecule has 0 atom stereocenters. The van der Waals surface area contributed by atoms with Gasteiger partial charge < -0.3 is 5.11 Å². The average molecular weight is 500 g/mol. The van der Waals surface area contributed by atoms with Crippen LogP contribution in [0.3, 0.4) is 0 Å². The second-order valence-corrected chi connectivity index (χ2v) is 10.8. The van der Waals surface area contributed by atoms with Crippen LogP contribution in [-0.4, -0.2) is 33.5 Å². The van der Waals surface area contributed by atoms with E-state index in [0.29, 0.717) is 28.9 Å². The first-order chi connectivity index (χ1) is 16.1. The number of sulfonamides is 1. The zero-order valence-corrected chi connectivity index (χ0v) is 19.4. The molecule has 0 amide bonds. The van der Waals surface area contributed by atoms with Crippen LogP contribution in [0, 0.1) is 0 Å². The number of nitrogens with one attached hydrogen (secondary N) is 2. The summed E-state index contributed by atoms with van der Waals surface area (Å²) in [5.41, 5.74) is 2.48. The van der Waals surface area contributed by atoms with Crippen LogP contribution in [0.25, 0.3) is 0 Å². The van der Waals surface area contributed by atoms with Gasteiger partial charge in [0.15, 0.2) is 5.78 Å². The molecule has 0 bridgehead atoms. The molecule has 1 aliphatic heterocycles. The Hall–Kier alpha value is -3.83. The van der Waals surface area contributed by atoms with Gasteiger partial charge in [0.2, 0.25) is 15.9 Å². The number of hydrogen-bond acceptors (Lipinski definition) is 6. The van der Waals surface area contributed by atoms with E-state index in [1.807, 2.05) is 4.72 Å². The lowest BCUT2D eigenvalue weighted by atomic mass is 10.0. The monoisotopic (exact) mass is 499 g/mol. The molecule has 0 saturated heterocycles. The lowest BCUT2D eigenvalue weighted by molar-refractivity contribution is 0.102. The van der Waals surface area contributed by atoms with Crippen LogP contribution in [0.4, 0.5) is 11.4 Å². The number of aliphatic hydroxyl groups is 1. The van der Waals surface area contributed by atoms with Crippen molar-refractivity contribution in [3.8, 4) is 0 Å². The number of rotatable bonds is 8. The molecule has 0 spiro atoms. The van der Waals surface area contributed by atoms with Crippen molar-refractivity contribution in [3.05, 3.63) is 108 Å². The Kier molecular flexibility index (Phi) is 6.31. The molecule has 0 fully saturated rings. The number of nitrogens with zero attached hydrogens (tertiary/aromatic N) is 1. The number of ketones is 1. The van der Waals surface area contributed by atoms with Crippen molar-refractivity contribution in [2.24, 2.45) is 0 Å². The SMILES string of the molecule is O=C(CS(=O)(=O)Nc1ccccc1Cc1ccc(N2C=C(O)NS2(=O)=O)cc1)c1ccccc1. The molecule has 3 aromatic rings. The topological polar surface area (TPSA) is 133 Å². The Morgan fingerprint density at radius 3 is 2.24 bits per heavy atom. The molecule has 1 aliphatic rings. The van der Waals surface area contributed by atoms with Crippen LogP contribution in [0.1, 0.15) is 21.5 Å². The molecular formula is C23H21N3O6S2. The Labute approximate surface area is 197 Å². The van der Waals surface area contributed by atoms with Crippen LogP contribution < -0.4 is 13.7 Å². The minimum atomic E-state index is -3.94. The van der Waals surface area contributed by atoms with E-state index in [-0.39, 0.29) is 0 Å². The highest BCUT2D eigenvalue weighted by atomic mass is 32.2. The molecular weight excluding hydrogens is 478 g/mol. The Bertz CT molecular complexity index is 1450. The molecule has 3 aromatic carbocycles. The van der Waals surface area contributed by atoms with E-state index in [9.17, 15) is 26.7 Å². The maximum absolute atomic E-state index is 12.6. The molecule has 1 heterocycles. The Balaban J connectivity index is 1.49. The highest BCUT2D eigenvalue weighted by Crippen LogP contribution is 2.25. The van der Waals surface area contributed by atoms with Crippen LogP contribution in [-0.2, 0) is 26.7 Å². The fraction of sp³-hybridized carbons (Fsp3) is 0.0870. The molecule has 4 rings (SSSR count). The summed E-state index contributed by atoms with van der Waals surface area (Å²) in [4.78, 5) is 12.3. The minimum absolute atomic E-state index is 0.319. The summed E-state index contributed by atoms with van der Waals surface area (Å²) in [5.74, 6) is -1.66. The summed E-state index contributed by atoms with van der Waals surface area (Å²) < 4.78 is 54.7.